The molecule has 112 valence electrons. The summed E-state index contributed by atoms with van der Waals surface area (Å²) in [4.78, 5) is 2.15. The number of halogens is 3. The van der Waals surface area contributed by atoms with E-state index in [2.05, 4.69) is 31.0 Å². The molecule has 1 saturated heterocycles. The molecule has 0 spiro atoms. The molecule has 1 aromatic rings. The molecule has 1 aliphatic heterocycles. The van der Waals surface area contributed by atoms with Gasteiger partial charge in [0.25, 0.3) is 0 Å². The number of nitrogens with zero attached hydrogens (tertiary/aromatic N) is 1. The lowest BCUT2D eigenvalue weighted by Crippen LogP contribution is -2.39. The Morgan fingerprint density at radius 1 is 1.30 bits per heavy atom. The van der Waals surface area contributed by atoms with Crippen LogP contribution in [0.3, 0.4) is 0 Å². The van der Waals surface area contributed by atoms with Crippen molar-refractivity contribution < 1.29 is 4.39 Å². The van der Waals surface area contributed by atoms with Crippen LogP contribution in [0.15, 0.2) is 12.1 Å². The van der Waals surface area contributed by atoms with Crippen molar-refractivity contribution in [3.8, 4) is 0 Å². The fourth-order valence-corrected chi connectivity index (χ4v) is 3.19. The maximum Gasteiger partial charge on any atom is 0.126 e. The largest absolute Gasteiger partial charge is 0.369 e. The third-order valence-corrected chi connectivity index (χ3v) is 4.08. The molecule has 0 radical (unpaired) electrons. The van der Waals surface area contributed by atoms with Crippen molar-refractivity contribution in [1.29, 1.82) is 0 Å². The lowest BCUT2D eigenvalue weighted by atomic mass is 10.1. The van der Waals surface area contributed by atoms with E-state index in [-0.39, 0.29) is 5.54 Å². The zero-order chi connectivity index (χ0) is 14.9. The molecule has 1 unspecified atom stereocenters. The van der Waals surface area contributed by atoms with E-state index < -0.39 is 5.82 Å². The average Bonchev–Trinajstić information content (AvgIpc) is 2.72. The molecule has 1 fully saturated rings. The molecule has 5 heteroatoms. The second kappa shape index (κ2) is 6.08. The first kappa shape index (κ1) is 15.9. The van der Waals surface area contributed by atoms with Gasteiger partial charge in [-0.25, -0.2) is 4.39 Å². The summed E-state index contributed by atoms with van der Waals surface area (Å²) in [6.07, 6.45) is 1.09. The maximum absolute atomic E-state index is 13.2. The van der Waals surface area contributed by atoms with Crippen LogP contribution in [0.4, 0.5) is 10.1 Å². The van der Waals surface area contributed by atoms with E-state index in [9.17, 15) is 4.39 Å². The van der Waals surface area contributed by atoms with Gasteiger partial charge in [-0.05, 0) is 45.2 Å². The summed E-state index contributed by atoms with van der Waals surface area (Å²) in [7, 11) is 0. The van der Waals surface area contributed by atoms with Crippen LogP contribution in [0, 0.1) is 11.7 Å². The van der Waals surface area contributed by atoms with Crippen LogP contribution in [-0.2, 0) is 0 Å². The highest BCUT2D eigenvalue weighted by Crippen LogP contribution is 2.37. The first-order chi connectivity index (χ1) is 9.26. The molecule has 1 aromatic carbocycles. The highest BCUT2D eigenvalue weighted by molar-refractivity contribution is 6.39. The quantitative estimate of drug-likeness (QED) is 0.891. The van der Waals surface area contributed by atoms with Crippen LogP contribution >= 0.6 is 23.2 Å². The van der Waals surface area contributed by atoms with Crippen molar-refractivity contribution in [2.24, 2.45) is 5.92 Å². The molecule has 1 N–H and O–H groups in total. The zero-order valence-electron chi connectivity index (χ0n) is 12.1. The number of anilines is 1. The summed E-state index contributed by atoms with van der Waals surface area (Å²) >= 11 is 12.3. The monoisotopic (exact) mass is 318 g/mol. The Balaban J connectivity index is 2.03. The highest BCUT2D eigenvalue weighted by atomic mass is 35.5. The van der Waals surface area contributed by atoms with Crippen molar-refractivity contribution in [3.63, 3.8) is 0 Å². The SMILES string of the molecule is CC(C)(C)NCC1CCN(c2c(Cl)cc(F)cc2Cl)C1. The van der Waals surface area contributed by atoms with Gasteiger partial charge in [-0.2, -0.15) is 0 Å². The van der Waals surface area contributed by atoms with Crippen molar-refractivity contribution in [1.82, 2.24) is 5.32 Å². The Morgan fingerprint density at radius 2 is 1.90 bits per heavy atom. The zero-order valence-corrected chi connectivity index (χ0v) is 13.7. The van der Waals surface area contributed by atoms with Gasteiger partial charge in [-0.1, -0.05) is 23.2 Å². The number of rotatable bonds is 3. The van der Waals surface area contributed by atoms with E-state index in [1.165, 1.54) is 12.1 Å². The van der Waals surface area contributed by atoms with E-state index in [1.54, 1.807) is 0 Å². The van der Waals surface area contributed by atoms with E-state index in [0.29, 0.717) is 16.0 Å². The Kier molecular flexibility index (Phi) is 4.83. The molecule has 0 bridgehead atoms. The fraction of sp³-hybridized carbons (Fsp3) is 0.600. The summed E-state index contributed by atoms with van der Waals surface area (Å²) in [6.45, 7) is 9.25. The van der Waals surface area contributed by atoms with Gasteiger partial charge in [0.1, 0.15) is 5.82 Å². The number of hydrogen-bond acceptors (Lipinski definition) is 2. The van der Waals surface area contributed by atoms with Crippen LogP contribution in [0.25, 0.3) is 0 Å². The molecule has 0 saturated carbocycles. The Labute approximate surface area is 130 Å². The molecule has 1 heterocycles. The van der Waals surface area contributed by atoms with Crippen molar-refractivity contribution in [3.05, 3.63) is 28.0 Å². The van der Waals surface area contributed by atoms with Gasteiger partial charge in [0.15, 0.2) is 0 Å². The Bertz CT molecular complexity index is 462. The first-order valence-electron chi connectivity index (χ1n) is 6.91. The van der Waals surface area contributed by atoms with E-state index >= 15 is 0 Å². The van der Waals surface area contributed by atoms with Gasteiger partial charge in [0.05, 0.1) is 15.7 Å². The first-order valence-corrected chi connectivity index (χ1v) is 7.66. The number of benzene rings is 1. The molecule has 1 atom stereocenters. The predicted octanol–water partition coefficient (Wildman–Crippen LogP) is 4.35. The van der Waals surface area contributed by atoms with Gasteiger partial charge >= 0.3 is 0 Å². The lowest BCUT2D eigenvalue weighted by molar-refractivity contribution is 0.383. The molecule has 0 amide bonds. The Hall–Kier alpha value is -0.510. The van der Waals surface area contributed by atoms with Crippen molar-refractivity contribution >= 4 is 28.9 Å². The third kappa shape index (κ3) is 4.00. The van der Waals surface area contributed by atoms with Gasteiger partial charge in [-0.3, -0.25) is 0 Å². The molecule has 0 aliphatic carbocycles. The van der Waals surface area contributed by atoms with Crippen molar-refractivity contribution in [2.75, 3.05) is 24.5 Å². The minimum absolute atomic E-state index is 0.124. The molecule has 0 aromatic heterocycles. The molecule has 2 nitrogen and oxygen atoms in total. The van der Waals surface area contributed by atoms with Gasteiger partial charge < -0.3 is 10.2 Å². The van der Waals surface area contributed by atoms with E-state index in [0.717, 1.165) is 31.7 Å². The van der Waals surface area contributed by atoms with E-state index in [4.69, 9.17) is 23.2 Å². The Morgan fingerprint density at radius 3 is 2.45 bits per heavy atom. The smallest absolute Gasteiger partial charge is 0.126 e. The standard InChI is InChI=1S/C15H21Cl2FN2/c1-15(2,3)19-8-10-4-5-20(9-10)14-12(16)6-11(18)7-13(14)17/h6-7,10,19H,4-5,8-9H2,1-3H3. The van der Waals surface area contributed by atoms with Crippen LogP contribution in [0.1, 0.15) is 27.2 Å². The van der Waals surface area contributed by atoms with E-state index in [1.807, 2.05) is 0 Å². The highest BCUT2D eigenvalue weighted by Gasteiger charge is 2.26. The molecule has 1 aliphatic rings. The van der Waals surface area contributed by atoms with Crippen LogP contribution in [0.5, 0.6) is 0 Å². The topological polar surface area (TPSA) is 15.3 Å². The number of nitrogens with one attached hydrogen (secondary N) is 1. The summed E-state index contributed by atoms with van der Waals surface area (Å²) in [5.74, 6) is 0.167. The van der Waals surface area contributed by atoms with Gasteiger partial charge in [-0.15, -0.1) is 0 Å². The second-order valence-corrected chi connectivity index (χ2v) is 7.26. The normalized spacial score (nSPS) is 19.7. The third-order valence-electron chi connectivity index (χ3n) is 3.50. The molecule has 20 heavy (non-hydrogen) atoms. The molecular weight excluding hydrogens is 298 g/mol. The second-order valence-electron chi connectivity index (χ2n) is 6.45. The van der Waals surface area contributed by atoms with Crippen LogP contribution in [0.2, 0.25) is 10.0 Å². The summed E-state index contributed by atoms with van der Waals surface area (Å²) < 4.78 is 13.2. The summed E-state index contributed by atoms with van der Waals surface area (Å²) in [5.41, 5.74) is 0.881. The minimum Gasteiger partial charge on any atom is -0.369 e. The fourth-order valence-electron chi connectivity index (χ4n) is 2.49. The summed E-state index contributed by atoms with van der Waals surface area (Å²) in [5, 5.41) is 4.30. The van der Waals surface area contributed by atoms with Crippen LogP contribution in [-0.4, -0.2) is 25.2 Å². The predicted molar refractivity (Wildman–Crippen MR) is 84.5 cm³/mol. The van der Waals surface area contributed by atoms with Crippen LogP contribution < -0.4 is 10.2 Å². The average molecular weight is 319 g/mol. The van der Waals surface area contributed by atoms with Crippen molar-refractivity contribution in [2.45, 2.75) is 32.7 Å². The molecular formula is C15H21Cl2FN2. The summed E-state index contributed by atoms with van der Waals surface area (Å²) in [6, 6.07) is 2.65. The lowest BCUT2D eigenvalue weighted by Gasteiger charge is -2.24. The van der Waals surface area contributed by atoms with Gasteiger partial charge in [0, 0.05) is 25.2 Å². The van der Waals surface area contributed by atoms with Gasteiger partial charge in [0.2, 0.25) is 0 Å². The minimum atomic E-state index is -0.395. The molecule has 2 rings (SSSR count). The number of hydrogen-bond donors (Lipinski definition) is 1. The maximum atomic E-state index is 13.2.